The van der Waals surface area contributed by atoms with Crippen molar-refractivity contribution < 1.29 is 18.0 Å². The third-order valence-corrected chi connectivity index (χ3v) is 4.87. The Hall–Kier alpha value is -3.66. The molecule has 34 heavy (non-hydrogen) atoms. The highest BCUT2D eigenvalue weighted by Crippen LogP contribution is 2.29. The predicted molar refractivity (Wildman–Crippen MR) is 126 cm³/mol. The molecule has 0 fully saturated rings. The minimum atomic E-state index is -4.43. The van der Waals surface area contributed by atoms with Crippen LogP contribution in [0.2, 0.25) is 0 Å². The molecule has 0 aliphatic rings. The van der Waals surface area contributed by atoms with Crippen LogP contribution in [0.1, 0.15) is 27.8 Å². The monoisotopic (exact) mass is 493 g/mol. The van der Waals surface area contributed by atoms with Crippen LogP contribution < -0.4 is 16.6 Å². The van der Waals surface area contributed by atoms with Gasteiger partial charge in [-0.15, -0.1) is 12.4 Å². The van der Waals surface area contributed by atoms with E-state index in [0.717, 1.165) is 22.4 Å². The molecule has 2 aromatic heterocycles. The number of nitrogens with one attached hydrogen (secondary N) is 1. The molecule has 0 aliphatic carbocycles. The molecule has 3 aromatic rings. The SMILES string of the molecule is Cc1ccn(/N=C/Cc2cccc(C(F)(F)F)c2)c(=O)c1CC(=O)NCc1ccc(N)nc1.Cl. The number of hydrogen-bond donors (Lipinski definition) is 2. The van der Waals surface area contributed by atoms with E-state index in [-0.39, 0.29) is 43.3 Å². The Labute approximate surface area is 199 Å². The number of rotatable bonds is 7. The van der Waals surface area contributed by atoms with Gasteiger partial charge in [0.25, 0.3) is 5.56 Å². The third kappa shape index (κ3) is 7.17. The average molecular weight is 494 g/mol. The van der Waals surface area contributed by atoms with Crippen molar-refractivity contribution in [2.75, 3.05) is 5.73 Å². The van der Waals surface area contributed by atoms with E-state index in [1.54, 1.807) is 37.4 Å². The first kappa shape index (κ1) is 26.6. The van der Waals surface area contributed by atoms with Crippen LogP contribution in [-0.4, -0.2) is 21.8 Å². The maximum Gasteiger partial charge on any atom is 0.416 e. The molecule has 0 atom stereocenters. The van der Waals surface area contributed by atoms with E-state index in [0.29, 0.717) is 16.9 Å². The Balaban J connectivity index is 0.00000408. The van der Waals surface area contributed by atoms with Gasteiger partial charge in [-0.25, -0.2) is 9.66 Å². The normalized spacial score (nSPS) is 11.3. The Morgan fingerprint density at radius 3 is 2.65 bits per heavy atom. The molecule has 1 amide bonds. The first-order valence-corrected chi connectivity index (χ1v) is 10.0. The quantitative estimate of drug-likeness (QED) is 0.492. The van der Waals surface area contributed by atoms with E-state index < -0.39 is 17.3 Å². The fourth-order valence-electron chi connectivity index (χ4n) is 3.04. The number of alkyl halides is 3. The number of anilines is 1. The second-order valence-corrected chi connectivity index (χ2v) is 7.37. The van der Waals surface area contributed by atoms with Crippen LogP contribution in [0, 0.1) is 6.92 Å². The molecule has 0 unspecified atom stereocenters. The van der Waals surface area contributed by atoms with Crippen LogP contribution in [0.4, 0.5) is 19.0 Å². The molecule has 0 bridgehead atoms. The number of aryl methyl sites for hydroxylation is 1. The van der Waals surface area contributed by atoms with E-state index in [9.17, 15) is 22.8 Å². The lowest BCUT2D eigenvalue weighted by Crippen LogP contribution is -2.30. The van der Waals surface area contributed by atoms with Crippen molar-refractivity contribution in [1.82, 2.24) is 15.0 Å². The van der Waals surface area contributed by atoms with Gasteiger partial charge >= 0.3 is 6.18 Å². The Bertz CT molecular complexity index is 1220. The van der Waals surface area contributed by atoms with Gasteiger partial charge in [-0.1, -0.05) is 24.3 Å². The number of carbonyl (C=O) groups is 1. The standard InChI is InChI=1S/C23H22F3N5O2.ClH/c1-15-8-10-31(30-9-7-16-3-2-4-18(11-16)23(24,25)26)22(33)19(15)12-21(32)29-14-17-5-6-20(27)28-13-17;/h2-6,8-11,13H,7,12,14H2,1H3,(H2,27,28)(H,29,32);1H/b30-9+;. The van der Waals surface area contributed by atoms with Crippen LogP contribution >= 0.6 is 12.4 Å². The number of pyridine rings is 2. The fourth-order valence-corrected chi connectivity index (χ4v) is 3.04. The maximum atomic E-state index is 12.8. The summed E-state index contributed by atoms with van der Waals surface area (Å²) in [5, 5.41) is 6.77. The number of aromatic nitrogens is 2. The number of amides is 1. The van der Waals surface area contributed by atoms with Crippen LogP contribution in [0.15, 0.2) is 64.8 Å². The highest BCUT2D eigenvalue weighted by molar-refractivity contribution is 5.85. The van der Waals surface area contributed by atoms with Gasteiger partial charge in [-0.3, -0.25) is 9.59 Å². The average Bonchev–Trinajstić information content (AvgIpc) is 2.77. The molecule has 3 N–H and O–H groups in total. The minimum absolute atomic E-state index is 0. The smallest absolute Gasteiger partial charge is 0.384 e. The maximum absolute atomic E-state index is 12.8. The number of hydrogen-bond acceptors (Lipinski definition) is 5. The van der Waals surface area contributed by atoms with Crippen LogP contribution in [-0.2, 0) is 30.4 Å². The third-order valence-electron chi connectivity index (χ3n) is 4.87. The summed E-state index contributed by atoms with van der Waals surface area (Å²) < 4.78 is 39.6. The van der Waals surface area contributed by atoms with Gasteiger partial charge in [0.15, 0.2) is 0 Å². The summed E-state index contributed by atoms with van der Waals surface area (Å²) in [5.74, 6) is 0.0249. The van der Waals surface area contributed by atoms with E-state index in [2.05, 4.69) is 15.4 Å². The van der Waals surface area contributed by atoms with Crippen molar-refractivity contribution in [3.05, 3.63) is 93.0 Å². The Kier molecular flexibility index (Phi) is 8.97. The molecule has 0 saturated heterocycles. The Morgan fingerprint density at radius 2 is 1.97 bits per heavy atom. The van der Waals surface area contributed by atoms with Crippen LogP contribution in [0.3, 0.4) is 0 Å². The van der Waals surface area contributed by atoms with Crippen LogP contribution in [0.5, 0.6) is 0 Å². The molecule has 0 radical (unpaired) electrons. The summed E-state index contributed by atoms with van der Waals surface area (Å²) in [7, 11) is 0. The first-order valence-electron chi connectivity index (χ1n) is 10.0. The second-order valence-electron chi connectivity index (χ2n) is 7.37. The molecular formula is C23H23ClF3N5O2. The van der Waals surface area contributed by atoms with E-state index in [4.69, 9.17) is 5.73 Å². The lowest BCUT2D eigenvalue weighted by molar-refractivity contribution is -0.137. The lowest BCUT2D eigenvalue weighted by Gasteiger charge is -2.09. The van der Waals surface area contributed by atoms with Crippen molar-refractivity contribution in [3.8, 4) is 0 Å². The zero-order valence-electron chi connectivity index (χ0n) is 18.2. The van der Waals surface area contributed by atoms with Gasteiger partial charge in [-0.05, 0) is 41.8 Å². The zero-order chi connectivity index (χ0) is 24.0. The molecule has 3 rings (SSSR count). The predicted octanol–water partition coefficient (Wildman–Crippen LogP) is 3.51. The number of nitrogens with zero attached hydrogens (tertiary/aromatic N) is 3. The molecule has 0 saturated carbocycles. The minimum Gasteiger partial charge on any atom is -0.384 e. The van der Waals surface area contributed by atoms with Gasteiger partial charge < -0.3 is 11.1 Å². The van der Waals surface area contributed by atoms with Crippen LogP contribution in [0.25, 0.3) is 0 Å². The summed E-state index contributed by atoms with van der Waals surface area (Å²) in [6.07, 6.45) is -0.116. The van der Waals surface area contributed by atoms with Crippen molar-refractivity contribution in [2.45, 2.75) is 32.5 Å². The van der Waals surface area contributed by atoms with Gasteiger partial charge in [0.1, 0.15) is 5.82 Å². The fraction of sp³-hybridized carbons (Fsp3) is 0.217. The molecule has 11 heteroatoms. The van der Waals surface area contributed by atoms with Crippen molar-refractivity contribution in [1.29, 1.82) is 0 Å². The first-order chi connectivity index (χ1) is 15.6. The van der Waals surface area contributed by atoms with Crippen molar-refractivity contribution in [2.24, 2.45) is 5.10 Å². The molecule has 2 heterocycles. The molecule has 0 aliphatic heterocycles. The summed E-state index contributed by atoms with van der Waals surface area (Å²) in [4.78, 5) is 29.1. The highest BCUT2D eigenvalue weighted by Gasteiger charge is 2.30. The molecule has 1 aromatic carbocycles. The van der Waals surface area contributed by atoms with E-state index in [1.807, 2.05) is 0 Å². The van der Waals surface area contributed by atoms with Crippen molar-refractivity contribution >= 4 is 30.3 Å². The molecular weight excluding hydrogens is 471 g/mol. The second kappa shape index (κ2) is 11.5. The van der Waals surface area contributed by atoms with E-state index in [1.165, 1.54) is 18.5 Å². The molecule has 7 nitrogen and oxygen atoms in total. The summed E-state index contributed by atoms with van der Waals surface area (Å²) in [6.45, 7) is 1.95. The largest absolute Gasteiger partial charge is 0.416 e. The number of nitrogen functional groups attached to an aromatic ring is 1. The van der Waals surface area contributed by atoms with Crippen molar-refractivity contribution in [3.63, 3.8) is 0 Å². The summed E-state index contributed by atoms with van der Waals surface area (Å²) in [5.41, 5.74) is 6.40. The lowest BCUT2D eigenvalue weighted by atomic mass is 10.1. The topological polar surface area (TPSA) is 102 Å². The number of carbonyl (C=O) groups excluding carboxylic acids is 1. The summed E-state index contributed by atoms with van der Waals surface area (Å²) >= 11 is 0. The zero-order valence-corrected chi connectivity index (χ0v) is 19.0. The number of halogens is 4. The van der Waals surface area contributed by atoms with Gasteiger partial charge in [0, 0.05) is 37.1 Å². The Morgan fingerprint density at radius 1 is 1.21 bits per heavy atom. The molecule has 0 spiro atoms. The van der Waals surface area contributed by atoms with Gasteiger partial charge in [0.2, 0.25) is 5.91 Å². The summed E-state index contributed by atoms with van der Waals surface area (Å²) in [6, 6.07) is 9.91. The van der Waals surface area contributed by atoms with Gasteiger partial charge in [0.05, 0.1) is 12.0 Å². The highest BCUT2D eigenvalue weighted by atomic mass is 35.5. The van der Waals surface area contributed by atoms with Gasteiger partial charge in [-0.2, -0.15) is 18.3 Å². The number of benzene rings is 1. The molecule has 180 valence electrons. The number of nitrogens with two attached hydrogens (primary N) is 1. The van der Waals surface area contributed by atoms with E-state index >= 15 is 0 Å².